The second-order valence-corrected chi connectivity index (χ2v) is 4.53. The first kappa shape index (κ1) is 10.9. The third-order valence-corrected chi connectivity index (χ3v) is 2.95. The third kappa shape index (κ3) is 1.86. The average molecular weight is 276 g/mol. The molecular weight excluding hydrogens is 266 g/mol. The van der Waals surface area contributed by atoms with E-state index in [-0.39, 0.29) is 0 Å². The molecule has 0 bridgehead atoms. The van der Waals surface area contributed by atoms with Crippen LogP contribution in [-0.2, 0) is 0 Å². The summed E-state index contributed by atoms with van der Waals surface area (Å²) in [4.78, 5) is 0. The molecule has 0 saturated carbocycles. The molecule has 16 heavy (non-hydrogen) atoms. The van der Waals surface area contributed by atoms with Crippen molar-refractivity contribution in [1.82, 2.24) is 9.78 Å². The smallest absolute Gasteiger partial charge is 0.177 e. The summed E-state index contributed by atoms with van der Waals surface area (Å²) in [6.07, 6.45) is 1.80. The lowest BCUT2D eigenvalue weighted by molar-refractivity contribution is 0.865. The molecule has 3 nitrogen and oxygen atoms in total. The number of nitrogens with zero attached hydrogens (tertiary/aromatic N) is 3. The molecule has 1 aromatic heterocycles. The largest absolute Gasteiger partial charge is 0.238 e. The van der Waals surface area contributed by atoms with Crippen LogP contribution in [0.25, 0.3) is 5.69 Å². The van der Waals surface area contributed by atoms with Crippen molar-refractivity contribution in [2.75, 3.05) is 0 Å². The van der Waals surface area contributed by atoms with E-state index in [9.17, 15) is 0 Å². The SMILES string of the molecule is Cc1ccc(-n2cc(Br)c(C#N)n2)c(C)c1. The molecule has 0 atom stereocenters. The summed E-state index contributed by atoms with van der Waals surface area (Å²) in [6.45, 7) is 4.08. The molecule has 0 aliphatic heterocycles. The minimum Gasteiger partial charge on any atom is -0.238 e. The van der Waals surface area contributed by atoms with Crippen molar-refractivity contribution >= 4 is 15.9 Å². The van der Waals surface area contributed by atoms with Crippen molar-refractivity contribution in [2.45, 2.75) is 13.8 Å². The van der Waals surface area contributed by atoms with Crippen molar-refractivity contribution in [3.05, 3.63) is 45.7 Å². The van der Waals surface area contributed by atoms with E-state index in [0.29, 0.717) is 5.69 Å². The molecule has 0 spiro atoms. The molecule has 0 aliphatic carbocycles. The van der Waals surface area contributed by atoms with Crippen molar-refractivity contribution in [3.8, 4) is 11.8 Å². The quantitative estimate of drug-likeness (QED) is 0.803. The average Bonchev–Trinajstić information content (AvgIpc) is 2.59. The Hall–Kier alpha value is -1.60. The van der Waals surface area contributed by atoms with E-state index >= 15 is 0 Å². The molecule has 0 unspecified atom stereocenters. The highest BCUT2D eigenvalue weighted by Crippen LogP contribution is 2.20. The Morgan fingerprint density at radius 3 is 2.69 bits per heavy atom. The molecule has 0 aliphatic rings. The normalized spacial score (nSPS) is 10.1. The predicted molar refractivity (Wildman–Crippen MR) is 65.5 cm³/mol. The number of hydrogen-bond acceptors (Lipinski definition) is 2. The van der Waals surface area contributed by atoms with Gasteiger partial charge in [-0.25, -0.2) is 4.68 Å². The summed E-state index contributed by atoms with van der Waals surface area (Å²) in [5, 5.41) is 13.0. The van der Waals surface area contributed by atoms with Crippen LogP contribution in [0.1, 0.15) is 16.8 Å². The van der Waals surface area contributed by atoms with Crippen molar-refractivity contribution < 1.29 is 0 Å². The van der Waals surface area contributed by atoms with Gasteiger partial charge in [0.15, 0.2) is 5.69 Å². The van der Waals surface area contributed by atoms with E-state index in [1.807, 2.05) is 25.1 Å². The van der Waals surface area contributed by atoms with E-state index < -0.39 is 0 Å². The molecule has 0 N–H and O–H groups in total. The Kier molecular flexibility index (Phi) is 2.80. The van der Waals surface area contributed by atoms with Crippen LogP contribution in [0.2, 0.25) is 0 Å². The van der Waals surface area contributed by atoms with Gasteiger partial charge >= 0.3 is 0 Å². The van der Waals surface area contributed by atoms with Crippen molar-refractivity contribution in [1.29, 1.82) is 5.26 Å². The molecule has 0 amide bonds. The maximum atomic E-state index is 8.84. The van der Waals surface area contributed by atoms with Gasteiger partial charge in [-0.2, -0.15) is 10.4 Å². The van der Waals surface area contributed by atoms with Gasteiger partial charge in [-0.15, -0.1) is 0 Å². The molecule has 4 heteroatoms. The number of aromatic nitrogens is 2. The van der Waals surface area contributed by atoms with Gasteiger partial charge in [0.05, 0.1) is 10.2 Å². The van der Waals surface area contributed by atoms with Gasteiger partial charge in [0.1, 0.15) is 6.07 Å². The Morgan fingerprint density at radius 1 is 1.38 bits per heavy atom. The van der Waals surface area contributed by atoms with Gasteiger partial charge in [-0.05, 0) is 41.4 Å². The molecule has 2 aromatic rings. The highest BCUT2D eigenvalue weighted by atomic mass is 79.9. The van der Waals surface area contributed by atoms with E-state index in [2.05, 4.69) is 34.0 Å². The fourth-order valence-electron chi connectivity index (χ4n) is 1.61. The number of rotatable bonds is 1. The minimum absolute atomic E-state index is 0.403. The van der Waals surface area contributed by atoms with Crippen LogP contribution in [0.15, 0.2) is 28.9 Å². The Bertz CT molecular complexity index is 578. The number of halogens is 1. The zero-order valence-electron chi connectivity index (χ0n) is 9.03. The van der Waals surface area contributed by atoms with Crippen LogP contribution in [-0.4, -0.2) is 9.78 Å². The molecule has 0 radical (unpaired) electrons. The monoisotopic (exact) mass is 275 g/mol. The Labute approximate surface area is 102 Å². The van der Waals surface area contributed by atoms with E-state index in [4.69, 9.17) is 5.26 Å². The fourth-order valence-corrected chi connectivity index (χ4v) is 1.98. The van der Waals surface area contributed by atoms with E-state index in [1.54, 1.807) is 10.9 Å². The highest BCUT2D eigenvalue weighted by molar-refractivity contribution is 9.10. The number of benzene rings is 1. The lowest BCUT2D eigenvalue weighted by atomic mass is 10.1. The van der Waals surface area contributed by atoms with E-state index in [1.165, 1.54) is 5.56 Å². The first-order chi connectivity index (χ1) is 7.61. The molecular formula is C12H10BrN3. The maximum absolute atomic E-state index is 8.84. The van der Waals surface area contributed by atoms with E-state index in [0.717, 1.165) is 15.7 Å². The highest BCUT2D eigenvalue weighted by Gasteiger charge is 2.08. The lowest BCUT2D eigenvalue weighted by Gasteiger charge is -2.05. The molecule has 2 rings (SSSR count). The fraction of sp³-hybridized carbons (Fsp3) is 0.167. The van der Waals surface area contributed by atoms with Crippen LogP contribution in [0.5, 0.6) is 0 Å². The topological polar surface area (TPSA) is 41.6 Å². The first-order valence-corrected chi connectivity index (χ1v) is 5.64. The summed E-state index contributed by atoms with van der Waals surface area (Å²) in [5.41, 5.74) is 3.75. The van der Waals surface area contributed by atoms with Gasteiger partial charge in [-0.3, -0.25) is 0 Å². The summed E-state index contributed by atoms with van der Waals surface area (Å²) in [5.74, 6) is 0. The molecule has 1 aromatic carbocycles. The van der Waals surface area contributed by atoms with Crippen LogP contribution in [0.3, 0.4) is 0 Å². The second kappa shape index (κ2) is 4.11. The molecule has 0 saturated heterocycles. The summed E-state index contributed by atoms with van der Waals surface area (Å²) in [6, 6.07) is 8.17. The Morgan fingerprint density at radius 2 is 2.12 bits per heavy atom. The number of hydrogen-bond donors (Lipinski definition) is 0. The standard InChI is InChI=1S/C12H10BrN3/c1-8-3-4-12(9(2)5-8)16-7-10(13)11(6-14)15-16/h3-5,7H,1-2H3. The Balaban J connectivity index is 2.55. The van der Waals surface area contributed by atoms with Crippen molar-refractivity contribution in [2.24, 2.45) is 0 Å². The third-order valence-electron chi connectivity index (χ3n) is 2.37. The second-order valence-electron chi connectivity index (χ2n) is 3.67. The van der Waals surface area contributed by atoms with Gasteiger partial charge in [-0.1, -0.05) is 17.7 Å². The summed E-state index contributed by atoms with van der Waals surface area (Å²) in [7, 11) is 0. The number of aryl methyl sites for hydroxylation is 2. The zero-order valence-corrected chi connectivity index (χ0v) is 10.6. The van der Waals surface area contributed by atoms with Crippen LogP contribution < -0.4 is 0 Å². The van der Waals surface area contributed by atoms with Gasteiger partial charge in [0.25, 0.3) is 0 Å². The van der Waals surface area contributed by atoms with Crippen molar-refractivity contribution in [3.63, 3.8) is 0 Å². The van der Waals surface area contributed by atoms with Crippen LogP contribution >= 0.6 is 15.9 Å². The molecule has 1 heterocycles. The maximum Gasteiger partial charge on any atom is 0.177 e. The predicted octanol–water partition coefficient (Wildman–Crippen LogP) is 3.12. The van der Waals surface area contributed by atoms with Gasteiger partial charge in [0.2, 0.25) is 0 Å². The van der Waals surface area contributed by atoms with Gasteiger partial charge in [0, 0.05) is 6.20 Å². The molecule has 0 fully saturated rings. The zero-order chi connectivity index (χ0) is 11.7. The summed E-state index contributed by atoms with van der Waals surface area (Å²) < 4.78 is 2.44. The molecule has 80 valence electrons. The summed E-state index contributed by atoms with van der Waals surface area (Å²) >= 11 is 3.31. The first-order valence-electron chi connectivity index (χ1n) is 4.84. The van der Waals surface area contributed by atoms with Crippen LogP contribution in [0.4, 0.5) is 0 Å². The van der Waals surface area contributed by atoms with Crippen LogP contribution in [0, 0.1) is 25.2 Å². The minimum atomic E-state index is 0.403. The van der Waals surface area contributed by atoms with Gasteiger partial charge < -0.3 is 0 Å². The lowest BCUT2D eigenvalue weighted by Crippen LogP contribution is -1.98. The number of nitriles is 1.